The minimum Gasteiger partial charge on any atom is -0.377 e. The van der Waals surface area contributed by atoms with E-state index in [0.717, 1.165) is 16.9 Å². The molecule has 0 bridgehead atoms. The molecule has 0 spiro atoms. The first-order valence-corrected chi connectivity index (χ1v) is 8.59. The zero-order valence-electron chi connectivity index (χ0n) is 15.0. The van der Waals surface area contributed by atoms with Crippen LogP contribution in [0.2, 0.25) is 0 Å². The van der Waals surface area contributed by atoms with Gasteiger partial charge in [-0.2, -0.15) is 4.68 Å². The summed E-state index contributed by atoms with van der Waals surface area (Å²) >= 11 is 0. The maximum atomic E-state index is 11.7. The third kappa shape index (κ3) is 4.05. The molecule has 0 saturated heterocycles. The number of carbonyl (C=O) groups is 1. The normalized spacial score (nSPS) is 10.5. The Kier molecular flexibility index (Phi) is 5.58. The first kappa shape index (κ1) is 17.6. The van der Waals surface area contributed by atoms with Gasteiger partial charge < -0.3 is 10.2 Å². The number of aromatic nitrogens is 4. The van der Waals surface area contributed by atoms with Crippen LogP contribution in [0.5, 0.6) is 0 Å². The van der Waals surface area contributed by atoms with E-state index < -0.39 is 0 Å². The Bertz CT molecular complexity index is 861. The number of tetrazole rings is 1. The van der Waals surface area contributed by atoms with Crippen molar-refractivity contribution >= 4 is 11.6 Å². The second-order valence-electron chi connectivity index (χ2n) is 5.89. The van der Waals surface area contributed by atoms with E-state index in [-0.39, 0.29) is 5.91 Å². The first-order chi connectivity index (χ1) is 12.7. The van der Waals surface area contributed by atoms with Gasteiger partial charge in [0.15, 0.2) is 5.82 Å². The molecular weight excluding hydrogens is 328 g/mol. The summed E-state index contributed by atoms with van der Waals surface area (Å²) < 4.78 is 1.71. The van der Waals surface area contributed by atoms with Crippen LogP contribution in [0.4, 0.5) is 5.69 Å². The molecule has 0 unspecified atom stereocenters. The first-order valence-electron chi connectivity index (χ1n) is 8.59. The third-order valence-electron chi connectivity index (χ3n) is 4.18. The largest absolute Gasteiger partial charge is 0.377 e. The number of hydrogen-bond acceptors (Lipinski definition) is 5. The van der Waals surface area contributed by atoms with Gasteiger partial charge in [0.25, 0.3) is 0 Å². The Morgan fingerprint density at radius 1 is 1.12 bits per heavy atom. The molecule has 3 aromatic rings. The highest BCUT2D eigenvalue weighted by atomic mass is 16.2. The fraction of sp³-hybridized carbons (Fsp3) is 0.263. The molecule has 0 atom stereocenters. The molecule has 0 saturated carbocycles. The van der Waals surface area contributed by atoms with Gasteiger partial charge in [0.05, 0.1) is 12.2 Å². The molecule has 7 heteroatoms. The van der Waals surface area contributed by atoms with Crippen LogP contribution in [0.25, 0.3) is 5.69 Å². The third-order valence-corrected chi connectivity index (χ3v) is 4.18. The fourth-order valence-electron chi connectivity index (χ4n) is 2.74. The van der Waals surface area contributed by atoms with E-state index in [2.05, 4.69) is 20.8 Å². The molecule has 26 heavy (non-hydrogen) atoms. The van der Waals surface area contributed by atoms with Gasteiger partial charge in [-0.1, -0.05) is 36.4 Å². The zero-order chi connectivity index (χ0) is 18.4. The summed E-state index contributed by atoms with van der Waals surface area (Å²) in [4.78, 5) is 13.5. The van der Waals surface area contributed by atoms with Crippen LogP contribution in [-0.2, 0) is 17.9 Å². The van der Waals surface area contributed by atoms with Crippen LogP contribution in [0.15, 0.2) is 54.6 Å². The molecule has 0 aliphatic rings. The quantitative estimate of drug-likeness (QED) is 0.709. The summed E-state index contributed by atoms with van der Waals surface area (Å²) in [5, 5.41) is 15.4. The van der Waals surface area contributed by atoms with Crippen molar-refractivity contribution in [2.45, 2.75) is 26.9 Å². The second kappa shape index (κ2) is 8.24. The average Bonchev–Trinajstić information content (AvgIpc) is 3.14. The molecule has 3 rings (SSSR count). The second-order valence-corrected chi connectivity index (χ2v) is 5.89. The van der Waals surface area contributed by atoms with Gasteiger partial charge in [0.1, 0.15) is 0 Å². The fourth-order valence-corrected chi connectivity index (χ4v) is 2.74. The Labute approximate surface area is 152 Å². The molecule has 1 aromatic heterocycles. The summed E-state index contributed by atoms with van der Waals surface area (Å²) in [6.07, 6.45) is 0. The molecule has 0 radical (unpaired) electrons. The summed E-state index contributed by atoms with van der Waals surface area (Å²) in [5.74, 6) is 0.778. The van der Waals surface area contributed by atoms with E-state index in [1.54, 1.807) is 16.5 Å². The number of rotatable bonds is 7. The van der Waals surface area contributed by atoms with Crippen molar-refractivity contribution in [3.63, 3.8) is 0 Å². The van der Waals surface area contributed by atoms with E-state index in [0.29, 0.717) is 25.5 Å². The lowest BCUT2D eigenvalue weighted by Crippen LogP contribution is -2.28. The van der Waals surface area contributed by atoms with Crippen LogP contribution < -0.4 is 5.32 Å². The number of carbonyl (C=O) groups excluding carboxylic acids is 1. The Morgan fingerprint density at radius 2 is 1.85 bits per heavy atom. The predicted octanol–water partition coefficient (Wildman–Crippen LogP) is 2.64. The molecule has 0 aliphatic heterocycles. The maximum Gasteiger partial charge on any atom is 0.219 e. The van der Waals surface area contributed by atoms with Gasteiger partial charge in [-0.3, -0.25) is 4.79 Å². The van der Waals surface area contributed by atoms with E-state index in [1.165, 1.54) is 0 Å². The molecule has 0 aliphatic carbocycles. The van der Waals surface area contributed by atoms with Gasteiger partial charge in [0, 0.05) is 25.7 Å². The van der Waals surface area contributed by atoms with E-state index in [1.807, 2.05) is 61.5 Å². The average molecular weight is 350 g/mol. The van der Waals surface area contributed by atoms with Crippen LogP contribution in [0.3, 0.4) is 0 Å². The molecule has 1 heterocycles. The summed E-state index contributed by atoms with van der Waals surface area (Å²) in [6.45, 7) is 5.29. The van der Waals surface area contributed by atoms with Crippen molar-refractivity contribution in [3.8, 4) is 5.69 Å². The highest BCUT2D eigenvalue weighted by Crippen LogP contribution is 2.18. The van der Waals surface area contributed by atoms with Crippen molar-refractivity contribution in [2.75, 3.05) is 11.9 Å². The Balaban J connectivity index is 1.76. The lowest BCUT2D eigenvalue weighted by Gasteiger charge is -2.21. The molecule has 0 fully saturated rings. The van der Waals surface area contributed by atoms with E-state index >= 15 is 0 Å². The van der Waals surface area contributed by atoms with Crippen molar-refractivity contribution in [3.05, 3.63) is 66.0 Å². The zero-order valence-corrected chi connectivity index (χ0v) is 15.0. The topological polar surface area (TPSA) is 75.9 Å². The lowest BCUT2D eigenvalue weighted by atomic mass is 10.1. The monoisotopic (exact) mass is 350 g/mol. The van der Waals surface area contributed by atoms with Gasteiger partial charge in [-0.25, -0.2) is 0 Å². The van der Waals surface area contributed by atoms with Crippen LogP contribution in [0.1, 0.15) is 25.2 Å². The number of amides is 1. The van der Waals surface area contributed by atoms with Crippen LogP contribution in [-0.4, -0.2) is 37.6 Å². The minimum atomic E-state index is 0.0651. The van der Waals surface area contributed by atoms with Crippen molar-refractivity contribution < 1.29 is 4.79 Å². The Morgan fingerprint density at radius 3 is 2.58 bits per heavy atom. The van der Waals surface area contributed by atoms with Gasteiger partial charge in [0.2, 0.25) is 5.91 Å². The standard InChI is InChI=1S/C19H22N6O/c1-3-24(15(2)26)14-16-9-7-8-12-18(16)20-13-19-21-22-23-25(19)17-10-5-4-6-11-17/h4-12,20H,3,13-14H2,1-2H3. The highest BCUT2D eigenvalue weighted by Gasteiger charge is 2.12. The molecule has 134 valence electrons. The number of hydrogen-bond donors (Lipinski definition) is 1. The number of para-hydroxylation sites is 2. The predicted molar refractivity (Wildman–Crippen MR) is 99.7 cm³/mol. The molecule has 1 amide bonds. The van der Waals surface area contributed by atoms with Gasteiger partial charge in [-0.15, -0.1) is 5.10 Å². The maximum absolute atomic E-state index is 11.7. The lowest BCUT2D eigenvalue weighted by molar-refractivity contribution is -0.129. The smallest absolute Gasteiger partial charge is 0.219 e. The number of nitrogens with one attached hydrogen (secondary N) is 1. The summed E-state index contributed by atoms with van der Waals surface area (Å²) in [6, 6.07) is 17.7. The number of nitrogens with zero attached hydrogens (tertiary/aromatic N) is 5. The van der Waals surface area contributed by atoms with Crippen LogP contribution >= 0.6 is 0 Å². The molecule has 2 aromatic carbocycles. The van der Waals surface area contributed by atoms with Crippen molar-refractivity contribution in [2.24, 2.45) is 0 Å². The van der Waals surface area contributed by atoms with Crippen molar-refractivity contribution in [1.82, 2.24) is 25.1 Å². The van der Waals surface area contributed by atoms with E-state index in [9.17, 15) is 4.79 Å². The Hall–Kier alpha value is -3.22. The van der Waals surface area contributed by atoms with E-state index in [4.69, 9.17) is 0 Å². The van der Waals surface area contributed by atoms with Crippen LogP contribution in [0, 0.1) is 0 Å². The molecule has 1 N–H and O–H groups in total. The SMILES string of the molecule is CCN(Cc1ccccc1NCc1nnnn1-c1ccccc1)C(C)=O. The van der Waals surface area contributed by atoms with Gasteiger partial charge in [-0.05, 0) is 41.1 Å². The summed E-state index contributed by atoms with van der Waals surface area (Å²) in [5.41, 5.74) is 2.94. The molecule has 7 nitrogen and oxygen atoms in total. The number of anilines is 1. The van der Waals surface area contributed by atoms with Gasteiger partial charge >= 0.3 is 0 Å². The number of benzene rings is 2. The van der Waals surface area contributed by atoms with Crippen molar-refractivity contribution in [1.29, 1.82) is 0 Å². The minimum absolute atomic E-state index is 0.0651. The molecular formula is C19H22N6O. The highest BCUT2D eigenvalue weighted by molar-refractivity contribution is 5.73. The summed E-state index contributed by atoms with van der Waals surface area (Å²) in [7, 11) is 0.